The van der Waals surface area contributed by atoms with Crippen LogP contribution < -0.4 is 5.32 Å². The Morgan fingerprint density at radius 1 is 1.25 bits per heavy atom. The second-order valence-electron chi connectivity index (χ2n) is 6.74. The third-order valence-corrected chi connectivity index (χ3v) is 5.05. The monoisotopic (exact) mass is 334 g/mol. The fourth-order valence-corrected chi connectivity index (χ4v) is 4.03. The van der Waals surface area contributed by atoms with Gasteiger partial charge in [0.05, 0.1) is 12.1 Å². The average Bonchev–Trinajstić information content (AvgIpc) is 3.08. The quantitative estimate of drug-likeness (QED) is 0.872. The lowest BCUT2D eigenvalue weighted by molar-refractivity contribution is 0.0179. The molecular formula is C18H20F2N2O2. The molecule has 3 heterocycles. The summed E-state index contributed by atoms with van der Waals surface area (Å²) in [5, 5.41) is 4.18. The zero-order valence-corrected chi connectivity index (χ0v) is 13.3. The number of ether oxygens (including phenoxy) is 1. The third-order valence-electron chi connectivity index (χ3n) is 5.05. The van der Waals surface area contributed by atoms with Crippen molar-refractivity contribution in [2.24, 2.45) is 0 Å². The first-order chi connectivity index (χ1) is 11.6. The number of fused-ring (bicyclic) bond motifs is 3. The Bertz CT molecular complexity index is 747. The van der Waals surface area contributed by atoms with Gasteiger partial charge in [-0.1, -0.05) is 18.2 Å². The van der Waals surface area contributed by atoms with Crippen LogP contribution in [0.1, 0.15) is 36.0 Å². The van der Waals surface area contributed by atoms with E-state index in [1.54, 1.807) is 24.3 Å². The zero-order valence-electron chi connectivity index (χ0n) is 13.3. The van der Waals surface area contributed by atoms with Crippen LogP contribution in [0.5, 0.6) is 0 Å². The molecule has 2 aromatic rings. The Labute approximate surface area is 138 Å². The topological polar surface area (TPSA) is 43.3 Å². The van der Waals surface area contributed by atoms with Crippen molar-refractivity contribution < 1.29 is 18.3 Å². The van der Waals surface area contributed by atoms with E-state index in [1.807, 2.05) is 0 Å². The lowest BCUT2D eigenvalue weighted by Crippen LogP contribution is -2.42. The number of hydrogen-bond acceptors (Lipinski definition) is 3. The number of carbonyl (C=O) groups is 1. The predicted octanol–water partition coefficient (Wildman–Crippen LogP) is 3.35. The van der Waals surface area contributed by atoms with Crippen LogP contribution in [0.25, 0.3) is 10.9 Å². The second kappa shape index (κ2) is 6.16. The number of carbonyl (C=O) groups excluding carboxylic acids is 1. The maximum atomic E-state index is 12.8. The van der Waals surface area contributed by atoms with E-state index in [2.05, 4.69) is 5.32 Å². The van der Waals surface area contributed by atoms with Gasteiger partial charge in [0.25, 0.3) is 6.43 Å². The second-order valence-corrected chi connectivity index (χ2v) is 6.74. The highest BCUT2D eigenvalue weighted by atomic mass is 19.3. The van der Waals surface area contributed by atoms with Crippen LogP contribution in [-0.4, -0.2) is 35.1 Å². The first-order valence-corrected chi connectivity index (χ1v) is 8.43. The lowest BCUT2D eigenvalue weighted by Gasteiger charge is -2.28. The van der Waals surface area contributed by atoms with Crippen molar-refractivity contribution in [3.8, 4) is 0 Å². The number of piperidine rings is 1. The van der Waals surface area contributed by atoms with Gasteiger partial charge in [0.1, 0.15) is 6.10 Å². The van der Waals surface area contributed by atoms with Crippen molar-refractivity contribution in [1.29, 1.82) is 0 Å². The molecule has 0 spiro atoms. The van der Waals surface area contributed by atoms with Gasteiger partial charge in [-0.2, -0.15) is 0 Å². The number of benzene rings is 1. The average molecular weight is 334 g/mol. The summed E-state index contributed by atoms with van der Waals surface area (Å²) < 4.78 is 32.7. The smallest absolute Gasteiger partial charge is 0.340 e. The normalized spacial score (nSPS) is 26.2. The number of nitrogens with one attached hydrogen (secondary N) is 1. The van der Waals surface area contributed by atoms with Crippen molar-refractivity contribution in [3.05, 3.63) is 36.0 Å². The summed E-state index contributed by atoms with van der Waals surface area (Å²) in [4.78, 5) is 12.6. The Morgan fingerprint density at radius 2 is 1.96 bits per heavy atom. The molecule has 1 aromatic heterocycles. The van der Waals surface area contributed by atoms with Crippen LogP contribution in [0.2, 0.25) is 0 Å². The van der Waals surface area contributed by atoms with E-state index in [-0.39, 0.29) is 6.10 Å². The highest BCUT2D eigenvalue weighted by molar-refractivity contribution is 6.04. The van der Waals surface area contributed by atoms with Gasteiger partial charge in [-0.15, -0.1) is 0 Å². The standard InChI is InChI=1S/C18H20F2N2O2/c19-17(20)10-22-9-15(14-3-1-2-4-16(14)22)18(23)24-13-7-11-5-6-12(8-13)21-11/h1-4,9,11-13,17,21H,5-8,10H2/t11-,12+,13-. The van der Waals surface area contributed by atoms with E-state index in [1.165, 1.54) is 10.8 Å². The van der Waals surface area contributed by atoms with Gasteiger partial charge < -0.3 is 14.6 Å². The number of hydrogen-bond donors (Lipinski definition) is 1. The van der Waals surface area contributed by atoms with Gasteiger partial charge >= 0.3 is 5.97 Å². The molecule has 2 bridgehead atoms. The molecule has 4 rings (SSSR count). The summed E-state index contributed by atoms with van der Waals surface area (Å²) in [5.41, 5.74) is 1.01. The van der Waals surface area contributed by atoms with Crippen LogP contribution in [0, 0.1) is 0 Å². The van der Waals surface area contributed by atoms with Crippen molar-refractivity contribution >= 4 is 16.9 Å². The molecule has 0 aliphatic carbocycles. The molecule has 128 valence electrons. The molecule has 24 heavy (non-hydrogen) atoms. The van der Waals surface area contributed by atoms with Crippen LogP contribution in [0.15, 0.2) is 30.5 Å². The fourth-order valence-electron chi connectivity index (χ4n) is 4.03. The van der Waals surface area contributed by atoms with Crippen molar-refractivity contribution in [3.63, 3.8) is 0 Å². The molecule has 2 aliphatic heterocycles. The first kappa shape index (κ1) is 15.6. The number of para-hydroxylation sites is 1. The van der Waals surface area contributed by atoms with E-state index < -0.39 is 18.9 Å². The Hall–Kier alpha value is -1.95. The molecule has 1 N–H and O–H groups in total. The van der Waals surface area contributed by atoms with E-state index in [9.17, 15) is 13.6 Å². The number of rotatable bonds is 4. The van der Waals surface area contributed by atoms with Gasteiger partial charge in [-0.05, 0) is 31.7 Å². The SMILES string of the molecule is O=C(O[C@@H]1C[C@H]2CC[C@@H](C1)N2)c1cn(CC(F)F)c2ccccc12. The molecule has 3 atom stereocenters. The highest BCUT2D eigenvalue weighted by Crippen LogP contribution is 2.30. The molecule has 0 radical (unpaired) electrons. The van der Waals surface area contributed by atoms with E-state index in [0.29, 0.717) is 28.6 Å². The van der Waals surface area contributed by atoms with Crippen LogP contribution >= 0.6 is 0 Å². The molecular weight excluding hydrogens is 314 g/mol. The molecule has 0 unspecified atom stereocenters. The summed E-state index contributed by atoms with van der Waals surface area (Å²) in [6.07, 6.45) is 2.86. The number of esters is 1. The molecule has 2 aliphatic rings. The summed E-state index contributed by atoms with van der Waals surface area (Å²) in [6, 6.07) is 7.98. The van der Waals surface area contributed by atoms with Crippen molar-refractivity contribution in [2.45, 2.75) is 56.8 Å². The van der Waals surface area contributed by atoms with Gasteiger partial charge in [0, 0.05) is 29.2 Å². The number of halogens is 2. The summed E-state index contributed by atoms with van der Waals surface area (Å²) >= 11 is 0. The van der Waals surface area contributed by atoms with Crippen molar-refractivity contribution in [2.75, 3.05) is 0 Å². The molecule has 2 saturated heterocycles. The Morgan fingerprint density at radius 3 is 2.67 bits per heavy atom. The van der Waals surface area contributed by atoms with Gasteiger partial charge in [-0.3, -0.25) is 0 Å². The van der Waals surface area contributed by atoms with E-state index in [4.69, 9.17) is 4.74 Å². The largest absolute Gasteiger partial charge is 0.459 e. The Balaban J connectivity index is 1.57. The molecule has 4 nitrogen and oxygen atoms in total. The van der Waals surface area contributed by atoms with Crippen LogP contribution in [0.4, 0.5) is 8.78 Å². The minimum Gasteiger partial charge on any atom is -0.459 e. The molecule has 2 fully saturated rings. The first-order valence-electron chi connectivity index (χ1n) is 8.43. The number of aromatic nitrogens is 1. The third kappa shape index (κ3) is 2.90. The molecule has 1 aromatic carbocycles. The fraction of sp³-hybridized carbons (Fsp3) is 0.500. The van der Waals surface area contributed by atoms with E-state index >= 15 is 0 Å². The minimum absolute atomic E-state index is 0.0894. The lowest BCUT2D eigenvalue weighted by atomic mass is 10.0. The van der Waals surface area contributed by atoms with Gasteiger partial charge in [-0.25, -0.2) is 13.6 Å². The van der Waals surface area contributed by atoms with Crippen LogP contribution in [-0.2, 0) is 11.3 Å². The number of nitrogens with zero attached hydrogens (tertiary/aromatic N) is 1. The summed E-state index contributed by atoms with van der Waals surface area (Å²) in [6.45, 7) is -0.425. The minimum atomic E-state index is -2.47. The van der Waals surface area contributed by atoms with E-state index in [0.717, 1.165) is 25.7 Å². The maximum absolute atomic E-state index is 12.8. The molecule has 0 saturated carbocycles. The van der Waals surface area contributed by atoms with Crippen molar-refractivity contribution in [1.82, 2.24) is 9.88 Å². The maximum Gasteiger partial charge on any atom is 0.340 e. The summed E-state index contributed by atoms with van der Waals surface area (Å²) in [5.74, 6) is -0.412. The molecule has 0 amide bonds. The Kier molecular flexibility index (Phi) is 4.00. The van der Waals surface area contributed by atoms with Gasteiger partial charge in [0.2, 0.25) is 0 Å². The molecule has 6 heteroatoms. The summed E-state index contributed by atoms with van der Waals surface area (Å²) in [7, 11) is 0. The predicted molar refractivity (Wildman–Crippen MR) is 86.3 cm³/mol. The highest BCUT2D eigenvalue weighted by Gasteiger charge is 2.35. The van der Waals surface area contributed by atoms with Crippen LogP contribution in [0.3, 0.4) is 0 Å². The zero-order chi connectivity index (χ0) is 16.7. The van der Waals surface area contributed by atoms with Gasteiger partial charge in [0.15, 0.2) is 0 Å². The number of alkyl halides is 2.